The number of nitrogens with zero attached hydrogens (tertiary/aromatic N) is 3. The first-order valence-corrected chi connectivity index (χ1v) is 8.90. The van der Waals surface area contributed by atoms with Crippen molar-refractivity contribution in [3.05, 3.63) is 58.9 Å². The Balaban J connectivity index is 1.50. The van der Waals surface area contributed by atoms with Gasteiger partial charge in [0.2, 0.25) is 5.91 Å². The maximum Gasteiger partial charge on any atom is 0.244 e. The molecule has 1 atom stereocenters. The van der Waals surface area contributed by atoms with E-state index in [1.54, 1.807) is 23.0 Å². The number of aryl methyl sites for hydroxylation is 1. The normalized spacial score (nSPS) is 18.6. The molecule has 1 aromatic carbocycles. The lowest BCUT2D eigenvalue weighted by molar-refractivity contribution is -0.117. The number of benzene rings is 1. The Labute approximate surface area is 153 Å². The number of rotatable bonds is 5. The minimum Gasteiger partial charge on any atom is -0.349 e. The fourth-order valence-corrected chi connectivity index (χ4v) is 3.24. The molecule has 1 amide bonds. The third kappa shape index (κ3) is 5.44. The number of aromatic nitrogens is 2. The minimum atomic E-state index is -0.0535. The highest BCUT2D eigenvalue weighted by molar-refractivity contribution is 6.30. The second-order valence-corrected chi connectivity index (χ2v) is 6.93. The van der Waals surface area contributed by atoms with Crippen LogP contribution in [0.5, 0.6) is 0 Å². The van der Waals surface area contributed by atoms with Gasteiger partial charge in [0.25, 0.3) is 0 Å². The molecule has 0 aliphatic carbocycles. The van der Waals surface area contributed by atoms with E-state index in [2.05, 4.69) is 27.4 Å². The number of nitrogens with one attached hydrogen (secondary N) is 1. The highest BCUT2D eigenvalue weighted by Crippen LogP contribution is 2.16. The third-order valence-corrected chi connectivity index (χ3v) is 4.58. The molecule has 1 aliphatic heterocycles. The van der Waals surface area contributed by atoms with Gasteiger partial charge in [0.05, 0.1) is 6.20 Å². The van der Waals surface area contributed by atoms with E-state index in [0.717, 1.165) is 43.1 Å². The van der Waals surface area contributed by atoms with Crippen LogP contribution in [0.4, 0.5) is 0 Å². The summed E-state index contributed by atoms with van der Waals surface area (Å²) in [6.07, 6.45) is 9.08. The zero-order valence-electron chi connectivity index (χ0n) is 14.4. The topological polar surface area (TPSA) is 50.2 Å². The van der Waals surface area contributed by atoms with Crippen molar-refractivity contribution >= 4 is 23.6 Å². The largest absolute Gasteiger partial charge is 0.349 e. The highest BCUT2D eigenvalue weighted by Gasteiger charge is 2.20. The molecule has 0 bridgehead atoms. The van der Waals surface area contributed by atoms with Crippen LogP contribution in [0, 0.1) is 0 Å². The van der Waals surface area contributed by atoms with Gasteiger partial charge >= 0.3 is 0 Å². The Bertz CT molecular complexity index is 738. The van der Waals surface area contributed by atoms with Crippen LogP contribution in [0.3, 0.4) is 0 Å². The van der Waals surface area contributed by atoms with Crippen molar-refractivity contribution in [2.45, 2.75) is 25.4 Å². The summed E-state index contributed by atoms with van der Waals surface area (Å²) < 4.78 is 1.72. The first kappa shape index (κ1) is 17.7. The molecule has 1 fully saturated rings. The summed E-state index contributed by atoms with van der Waals surface area (Å²) in [5.41, 5.74) is 2.17. The van der Waals surface area contributed by atoms with Crippen LogP contribution >= 0.6 is 11.6 Å². The zero-order valence-corrected chi connectivity index (χ0v) is 15.1. The van der Waals surface area contributed by atoms with E-state index in [1.165, 1.54) is 5.56 Å². The van der Waals surface area contributed by atoms with Crippen LogP contribution in [0.2, 0.25) is 5.02 Å². The number of carbonyl (C=O) groups is 1. The fourth-order valence-electron chi connectivity index (χ4n) is 3.11. The van der Waals surface area contributed by atoms with E-state index in [0.29, 0.717) is 0 Å². The molecule has 3 rings (SSSR count). The summed E-state index contributed by atoms with van der Waals surface area (Å²) >= 11 is 5.94. The molecule has 2 heterocycles. The fraction of sp³-hybridized carbons (Fsp3) is 0.368. The molecule has 2 aromatic rings. The average molecular weight is 359 g/mol. The van der Waals surface area contributed by atoms with Crippen molar-refractivity contribution < 1.29 is 4.79 Å². The van der Waals surface area contributed by atoms with Crippen molar-refractivity contribution in [3.63, 3.8) is 0 Å². The van der Waals surface area contributed by atoms with E-state index in [1.807, 2.05) is 25.4 Å². The molecule has 5 nitrogen and oxygen atoms in total. The highest BCUT2D eigenvalue weighted by atomic mass is 35.5. The van der Waals surface area contributed by atoms with Gasteiger partial charge in [-0.1, -0.05) is 23.7 Å². The molecule has 1 aliphatic rings. The summed E-state index contributed by atoms with van der Waals surface area (Å²) in [4.78, 5) is 14.5. The number of hydrogen-bond donors (Lipinski definition) is 1. The van der Waals surface area contributed by atoms with Crippen LogP contribution in [0.1, 0.15) is 24.0 Å². The predicted molar refractivity (Wildman–Crippen MR) is 100 cm³/mol. The summed E-state index contributed by atoms with van der Waals surface area (Å²) in [7, 11) is 1.86. The second kappa shape index (κ2) is 8.32. The van der Waals surface area contributed by atoms with Gasteiger partial charge in [-0.05, 0) is 43.2 Å². The number of halogens is 1. The zero-order chi connectivity index (χ0) is 17.6. The standard InChI is InChI=1S/C19H23ClN4O/c1-23-12-16(11-21-23)6-9-19(25)22-18-3-2-10-24(14-18)13-15-4-7-17(20)8-5-15/h4-9,11-12,18H,2-3,10,13-14H2,1H3,(H,22,25)/b9-6+/t18-/m1/s1. The Morgan fingerprint density at radius 3 is 2.92 bits per heavy atom. The Hall–Kier alpha value is -2.11. The quantitative estimate of drug-likeness (QED) is 0.836. The van der Waals surface area contributed by atoms with Crippen LogP contribution in [-0.2, 0) is 18.4 Å². The van der Waals surface area contributed by atoms with Gasteiger partial charge in [0, 0.05) is 49.0 Å². The van der Waals surface area contributed by atoms with Crippen molar-refractivity contribution in [3.8, 4) is 0 Å². The van der Waals surface area contributed by atoms with E-state index >= 15 is 0 Å². The van der Waals surface area contributed by atoms with Crippen LogP contribution in [0.15, 0.2) is 42.7 Å². The van der Waals surface area contributed by atoms with Crippen molar-refractivity contribution in [2.24, 2.45) is 7.05 Å². The number of piperidine rings is 1. The molecule has 6 heteroatoms. The molecule has 1 saturated heterocycles. The molecule has 1 aromatic heterocycles. The molecule has 132 valence electrons. The number of likely N-dealkylation sites (tertiary alicyclic amines) is 1. The molecular formula is C19H23ClN4O. The van der Waals surface area contributed by atoms with Crippen molar-refractivity contribution in [1.29, 1.82) is 0 Å². The number of carbonyl (C=O) groups excluding carboxylic acids is 1. The van der Waals surface area contributed by atoms with Gasteiger partial charge in [-0.25, -0.2) is 0 Å². The Morgan fingerprint density at radius 1 is 1.40 bits per heavy atom. The van der Waals surface area contributed by atoms with Gasteiger partial charge in [-0.3, -0.25) is 14.4 Å². The molecule has 0 radical (unpaired) electrons. The van der Waals surface area contributed by atoms with Gasteiger partial charge in [0.15, 0.2) is 0 Å². The van der Waals surface area contributed by atoms with E-state index in [9.17, 15) is 4.79 Å². The lowest BCUT2D eigenvalue weighted by atomic mass is 10.0. The molecule has 0 spiro atoms. The first-order chi connectivity index (χ1) is 12.1. The van der Waals surface area contributed by atoms with E-state index in [4.69, 9.17) is 11.6 Å². The maximum atomic E-state index is 12.1. The first-order valence-electron chi connectivity index (χ1n) is 8.52. The molecular weight excluding hydrogens is 336 g/mol. The average Bonchev–Trinajstić information content (AvgIpc) is 3.01. The van der Waals surface area contributed by atoms with Crippen LogP contribution in [0.25, 0.3) is 6.08 Å². The Morgan fingerprint density at radius 2 is 2.20 bits per heavy atom. The monoisotopic (exact) mass is 358 g/mol. The van der Waals surface area contributed by atoms with Gasteiger partial charge < -0.3 is 5.32 Å². The van der Waals surface area contributed by atoms with Crippen LogP contribution in [-0.4, -0.2) is 39.7 Å². The minimum absolute atomic E-state index is 0.0535. The lowest BCUT2D eigenvalue weighted by Crippen LogP contribution is -2.46. The summed E-state index contributed by atoms with van der Waals surface area (Å²) in [6.45, 7) is 2.81. The second-order valence-electron chi connectivity index (χ2n) is 6.49. The SMILES string of the molecule is Cn1cc(/C=C/C(=O)N[C@@H]2CCCN(Cc3ccc(Cl)cc3)C2)cn1. The van der Waals surface area contributed by atoms with Crippen molar-refractivity contribution in [1.82, 2.24) is 20.0 Å². The third-order valence-electron chi connectivity index (χ3n) is 4.32. The molecule has 0 unspecified atom stereocenters. The lowest BCUT2D eigenvalue weighted by Gasteiger charge is -2.33. The summed E-state index contributed by atoms with van der Waals surface area (Å²) in [5, 5.41) is 7.95. The maximum absolute atomic E-state index is 12.1. The summed E-state index contributed by atoms with van der Waals surface area (Å²) in [6, 6.07) is 8.14. The van der Waals surface area contributed by atoms with E-state index in [-0.39, 0.29) is 11.9 Å². The summed E-state index contributed by atoms with van der Waals surface area (Å²) in [5.74, 6) is -0.0535. The molecule has 0 saturated carbocycles. The van der Waals surface area contributed by atoms with Crippen LogP contribution < -0.4 is 5.32 Å². The molecule has 1 N–H and O–H groups in total. The predicted octanol–water partition coefficient (Wildman–Crippen LogP) is 2.87. The van der Waals surface area contributed by atoms with Gasteiger partial charge in [0.1, 0.15) is 0 Å². The van der Waals surface area contributed by atoms with Crippen molar-refractivity contribution in [2.75, 3.05) is 13.1 Å². The smallest absolute Gasteiger partial charge is 0.244 e. The van der Waals surface area contributed by atoms with Gasteiger partial charge in [-0.2, -0.15) is 5.10 Å². The van der Waals surface area contributed by atoms with Gasteiger partial charge in [-0.15, -0.1) is 0 Å². The number of hydrogen-bond acceptors (Lipinski definition) is 3. The number of amides is 1. The van der Waals surface area contributed by atoms with E-state index < -0.39 is 0 Å². The Kier molecular flexibility index (Phi) is 5.89. The molecule has 25 heavy (non-hydrogen) atoms.